The molecule has 0 spiro atoms. The first-order valence-electron chi connectivity index (χ1n) is 7.22. The van der Waals surface area contributed by atoms with Crippen LogP contribution in [0.1, 0.15) is 17.8 Å². The van der Waals surface area contributed by atoms with Crippen LogP contribution in [0.5, 0.6) is 0 Å². The predicted octanol–water partition coefficient (Wildman–Crippen LogP) is 1.93. The second-order valence-corrected chi connectivity index (χ2v) is 6.60. The first-order valence-corrected chi connectivity index (χ1v) is 8.58. The number of benzene rings is 1. The van der Waals surface area contributed by atoms with Crippen molar-refractivity contribution in [2.45, 2.75) is 24.9 Å². The van der Waals surface area contributed by atoms with Gasteiger partial charge in [0.25, 0.3) is 0 Å². The Kier molecular flexibility index (Phi) is 6.22. The molecule has 128 valence electrons. The van der Waals surface area contributed by atoms with Crippen LogP contribution in [0.3, 0.4) is 0 Å². The Morgan fingerprint density at radius 3 is 2.83 bits per heavy atom. The number of amides is 2. The summed E-state index contributed by atoms with van der Waals surface area (Å²) < 4.78 is 1.76. The number of carbonyl (C=O) groups excluding carboxylic acids is 2. The Morgan fingerprint density at radius 1 is 1.38 bits per heavy atom. The van der Waals surface area contributed by atoms with Gasteiger partial charge in [-0.05, 0) is 24.6 Å². The summed E-state index contributed by atoms with van der Waals surface area (Å²) in [6, 6.07) is 5.33. The average Bonchev–Trinajstić information content (AvgIpc) is 2.87. The molecule has 0 aliphatic carbocycles. The fourth-order valence-corrected chi connectivity index (χ4v) is 2.87. The molecule has 0 aliphatic heterocycles. The molecule has 0 unspecified atom stereocenters. The monoisotopic (exact) mass is 367 g/mol. The molecule has 0 aliphatic rings. The van der Waals surface area contributed by atoms with E-state index in [0.29, 0.717) is 28.1 Å². The Labute approximate surface area is 149 Å². The number of nitrogens with zero attached hydrogens (tertiary/aromatic N) is 3. The van der Waals surface area contributed by atoms with Gasteiger partial charge < -0.3 is 15.6 Å². The molecule has 0 bridgehead atoms. The van der Waals surface area contributed by atoms with Gasteiger partial charge in [-0.3, -0.25) is 9.59 Å². The zero-order valence-electron chi connectivity index (χ0n) is 13.4. The first kappa shape index (κ1) is 18.3. The number of hydrogen-bond donors (Lipinski definition) is 2. The van der Waals surface area contributed by atoms with E-state index in [2.05, 4.69) is 15.5 Å². The van der Waals surface area contributed by atoms with E-state index in [4.69, 9.17) is 17.3 Å². The highest BCUT2D eigenvalue weighted by Crippen LogP contribution is 2.21. The molecule has 0 saturated heterocycles. The third-order valence-electron chi connectivity index (χ3n) is 3.33. The van der Waals surface area contributed by atoms with Crippen LogP contribution in [0.25, 0.3) is 0 Å². The first-order chi connectivity index (χ1) is 11.4. The minimum atomic E-state index is -0.386. The number of thioether (sulfide) groups is 1. The smallest absolute Gasteiger partial charge is 0.234 e. The van der Waals surface area contributed by atoms with E-state index in [9.17, 15) is 9.59 Å². The quantitative estimate of drug-likeness (QED) is 0.728. The van der Waals surface area contributed by atoms with Crippen LogP contribution in [-0.4, -0.2) is 32.3 Å². The predicted molar refractivity (Wildman–Crippen MR) is 94.1 cm³/mol. The van der Waals surface area contributed by atoms with Crippen molar-refractivity contribution in [1.29, 1.82) is 0 Å². The van der Waals surface area contributed by atoms with Gasteiger partial charge in [0.05, 0.1) is 5.75 Å². The third-order valence-corrected chi connectivity index (χ3v) is 4.58. The maximum Gasteiger partial charge on any atom is 0.234 e. The maximum absolute atomic E-state index is 12.1. The largest absolute Gasteiger partial charge is 0.370 e. The molecule has 2 aromatic rings. The van der Waals surface area contributed by atoms with Crippen molar-refractivity contribution in [1.82, 2.24) is 14.8 Å². The topological polar surface area (TPSA) is 103 Å². The molecule has 2 amide bonds. The lowest BCUT2D eigenvalue weighted by molar-refractivity contribution is -0.118. The van der Waals surface area contributed by atoms with Crippen LogP contribution in [0.15, 0.2) is 23.4 Å². The fourth-order valence-electron chi connectivity index (χ4n) is 1.97. The normalized spacial score (nSPS) is 10.6. The summed E-state index contributed by atoms with van der Waals surface area (Å²) >= 11 is 7.21. The van der Waals surface area contributed by atoms with E-state index in [-0.39, 0.29) is 24.0 Å². The molecule has 0 radical (unpaired) electrons. The molecule has 1 heterocycles. The molecule has 1 aromatic carbocycles. The number of aromatic nitrogens is 3. The van der Waals surface area contributed by atoms with Gasteiger partial charge >= 0.3 is 0 Å². The zero-order valence-corrected chi connectivity index (χ0v) is 14.9. The Hall–Kier alpha value is -2.06. The molecule has 9 heteroatoms. The molecule has 7 nitrogen and oxygen atoms in total. The molecular formula is C15H18ClN5O2S. The van der Waals surface area contributed by atoms with Crippen LogP contribution < -0.4 is 11.1 Å². The number of halogens is 1. The lowest BCUT2D eigenvalue weighted by Gasteiger charge is -2.08. The zero-order chi connectivity index (χ0) is 17.7. The van der Waals surface area contributed by atoms with Gasteiger partial charge in [0.1, 0.15) is 5.82 Å². The number of rotatable bonds is 7. The molecule has 0 saturated carbocycles. The summed E-state index contributed by atoms with van der Waals surface area (Å²) in [5, 5.41) is 12.0. The van der Waals surface area contributed by atoms with E-state index >= 15 is 0 Å². The number of hydrogen-bond acceptors (Lipinski definition) is 5. The van der Waals surface area contributed by atoms with Crippen molar-refractivity contribution in [2.75, 3.05) is 11.1 Å². The van der Waals surface area contributed by atoms with E-state index in [1.54, 1.807) is 23.7 Å². The standard InChI is InChI=1S/C15H18ClN5O2S/c1-9-3-4-10(16)7-11(9)18-14(23)8-24-15-20-19-13(21(15)2)6-5-12(17)22/h3-4,7H,5-6,8H2,1-2H3,(H2,17,22)(H,18,23). The van der Waals surface area contributed by atoms with Crippen LogP contribution in [0.2, 0.25) is 5.02 Å². The van der Waals surface area contributed by atoms with Gasteiger partial charge in [-0.2, -0.15) is 0 Å². The van der Waals surface area contributed by atoms with Crippen LogP contribution >= 0.6 is 23.4 Å². The highest BCUT2D eigenvalue weighted by atomic mass is 35.5. The van der Waals surface area contributed by atoms with Crippen LogP contribution in [-0.2, 0) is 23.1 Å². The number of carbonyl (C=O) groups is 2. The summed E-state index contributed by atoms with van der Waals surface area (Å²) in [6.45, 7) is 1.90. The van der Waals surface area contributed by atoms with Gasteiger partial charge in [0.15, 0.2) is 5.16 Å². The van der Waals surface area contributed by atoms with Crippen molar-refractivity contribution in [2.24, 2.45) is 12.8 Å². The molecule has 2 rings (SSSR count). The van der Waals surface area contributed by atoms with E-state index in [0.717, 1.165) is 5.56 Å². The van der Waals surface area contributed by atoms with E-state index in [1.807, 2.05) is 13.0 Å². The molecule has 3 N–H and O–H groups in total. The second kappa shape index (κ2) is 8.16. The van der Waals surface area contributed by atoms with Gasteiger partial charge in [0, 0.05) is 30.6 Å². The Balaban J connectivity index is 1.92. The fraction of sp³-hybridized carbons (Fsp3) is 0.333. The summed E-state index contributed by atoms with van der Waals surface area (Å²) in [7, 11) is 1.79. The van der Waals surface area contributed by atoms with Crippen molar-refractivity contribution >= 4 is 40.9 Å². The molecule has 0 fully saturated rings. The lowest BCUT2D eigenvalue weighted by atomic mass is 10.2. The van der Waals surface area contributed by atoms with Crippen LogP contribution in [0, 0.1) is 6.92 Å². The summed E-state index contributed by atoms with van der Waals surface area (Å²) in [5.41, 5.74) is 6.75. The number of primary amides is 1. The van der Waals surface area contributed by atoms with Gasteiger partial charge in [-0.1, -0.05) is 29.4 Å². The molecule has 24 heavy (non-hydrogen) atoms. The van der Waals surface area contributed by atoms with Crippen molar-refractivity contribution < 1.29 is 9.59 Å². The number of aryl methyl sites for hydroxylation is 2. The van der Waals surface area contributed by atoms with Crippen molar-refractivity contribution in [3.05, 3.63) is 34.6 Å². The van der Waals surface area contributed by atoms with Crippen molar-refractivity contribution in [3.8, 4) is 0 Å². The highest BCUT2D eigenvalue weighted by molar-refractivity contribution is 7.99. The van der Waals surface area contributed by atoms with E-state index < -0.39 is 0 Å². The number of anilines is 1. The summed E-state index contributed by atoms with van der Waals surface area (Å²) in [4.78, 5) is 22.9. The summed E-state index contributed by atoms with van der Waals surface area (Å²) in [5.74, 6) is 0.297. The highest BCUT2D eigenvalue weighted by Gasteiger charge is 2.13. The lowest BCUT2D eigenvalue weighted by Crippen LogP contribution is -2.15. The third kappa shape index (κ3) is 4.97. The molecule has 0 atom stereocenters. The van der Waals surface area contributed by atoms with Gasteiger partial charge in [0.2, 0.25) is 11.8 Å². The van der Waals surface area contributed by atoms with Crippen molar-refractivity contribution in [3.63, 3.8) is 0 Å². The molecule has 1 aromatic heterocycles. The maximum atomic E-state index is 12.1. The minimum absolute atomic E-state index is 0.160. The second-order valence-electron chi connectivity index (χ2n) is 5.22. The number of nitrogens with one attached hydrogen (secondary N) is 1. The average molecular weight is 368 g/mol. The van der Waals surface area contributed by atoms with Crippen LogP contribution in [0.4, 0.5) is 5.69 Å². The Bertz CT molecular complexity index is 762. The summed E-state index contributed by atoms with van der Waals surface area (Å²) in [6.07, 6.45) is 0.637. The number of nitrogens with two attached hydrogens (primary N) is 1. The van der Waals surface area contributed by atoms with Gasteiger partial charge in [-0.25, -0.2) is 0 Å². The minimum Gasteiger partial charge on any atom is -0.370 e. The molecular weight excluding hydrogens is 350 g/mol. The SMILES string of the molecule is Cc1ccc(Cl)cc1NC(=O)CSc1nnc(CCC(N)=O)n1C. The van der Waals surface area contributed by atoms with E-state index in [1.165, 1.54) is 11.8 Å². The Morgan fingerprint density at radius 2 is 2.12 bits per heavy atom. The van der Waals surface area contributed by atoms with Gasteiger partial charge in [-0.15, -0.1) is 10.2 Å².